The Morgan fingerprint density at radius 1 is 1.56 bits per heavy atom. The molecule has 0 bridgehead atoms. The first kappa shape index (κ1) is 13.0. The molecule has 0 aromatic carbocycles. The summed E-state index contributed by atoms with van der Waals surface area (Å²) in [4.78, 5) is 21.0. The molecular weight excluding hydrogens is 316 g/mol. The topological polar surface area (TPSA) is 80.9 Å². The van der Waals surface area contributed by atoms with Crippen molar-refractivity contribution in [3.8, 4) is 0 Å². The SMILES string of the molecule is Cc1ncsc1CNC(=O)c1cc(Br)cnc1N. The van der Waals surface area contributed by atoms with E-state index in [0.717, 1.165) is 15.0 Å². The van der Waals surface area contributed by atoms with Gasteiger partial charge in [0.05, 0.1) is 23.3 Å². The van der Waals surface area contributed by atoms with Gasteiger partial charge in [0.1, 0.15) is 5.82 Å². The molecule has 0 atom stereocenters. The first-order valence-electron chi connectivity index (χ1n) is 5.16. The second-order valence-corrected chi connectivity index (χ2v) is 5.48. The van der Waals surface area contributed by atoms with E-state index in [0.29, 0.717) is 12.1 Å². The lowest BCUT2D eigenvalue weighted by Crippen LogP contribution is -2.24. The minimum atomic E-state index is -0.242. The third-order valence-electron chi connectivity index (χ3n) is 2.38. The number of nitrogens with two attached hydrogens (primary N) is 1. The van der Waals surface area contributed by atoms with Crippen LogP contribution in [0.15, 0.2) is 22.2 Å². The molecule has 0 fully saturated rings. The Morgan fingerprint density at radius 2 is 2.33 bits per heavy atom. The van der Waals surface area contributed by atoms with Crippen LogP contribution in [0.5, 0.6) is 0 Å². The van der Waals surface area contributed by atoms with Crippen molar-refractivity contribution in [1.29, 1.82) is 0 Å². The molecule has 0 radical (unpaired) electrons. The van der Waals surface area contributed by atoms with Crippen LogP contribution in [0, 0.1) is 6.92 Å². The zero-order valence-electron chi connectivity index (χ0n) is 9.61. The molecule has 0 saturated carbocycles. The molecule has 0 aliphatic rings. The second-order valence-electron chi connectivity index (χ2n) is 3.63. The summed E-state index contributed by atoms with van der Waals surface area (Å²) in [5.74, 6) is -0.0224. The molecule has 0 aliphatic heterocycles. The summed E-state index contributed by atoms with van der Waals surface area (Å²) in [6.45, 7) is 2.36. The van der Waals surface area contributed by atoms with Gasteiger partial charge >= 0.3 is 0 Å². The molecular formula is C11H11BrN4OS. The zero-order valence-corrected chi connectivity index (χ0v) is 12.0. The van der Waals surface area contributed by atoms with Crippen molar-refractivity contribution in [2.24, 2.45) is 0 Å². The number of nitrogen functional groups attached to an aromatic ring is 1. The van der Waals surface area contributed by atoms with E-state index in [2.05, 4.69) is 31.2 Å². The molecule has 1 amide bonds. The van der Waals surface area contributed by atoms with Gasteiger partial charge in [-0.15, -0.1) is 11.3 Å². The van der Waals surface area contributed by atoms with E-state index in [1.54, 1.807) is 17.8 Å². The summed E-state index contributed by atoms with van der Waals surface area (Å²) >= 11 is 4.77. The van der Waals surface area contributed by atoms with Gasteiger partial charge in [-0.25, -0.2) is 9.97 Å². The number of hydrogen-bond donors (Lipinski definition) is 2. The molecule has 0 unspecified atom stereocenters. The fraction of sp³-hybridized carbons (Fsp3) is 0.182. The fourth-order valence-corrected chi connectivity index (χ4v) is 2.43. The molecule has 0 saturated heterocycles. The van der Waals surface area contributed by atoms with Crippen LogP contribution in [0.25, 0.3) is 0 Å². The summed E-state index contributed by atoms with van der Waals surface area (Å²) in [7, 11) is 0. The number of nitrogens with one attached hydrogen (secondary N) is 1. The number of carbonyl (C=O) groups is 1. The molecule has 0 aliphatic carbocycles. The summed E-state index contributed by atoms with van der Waals surface area (Å²) in [6, 6.07) is 1.65. The zero-order chi connectivity index (χ0) is 13.1. The van der Waals surface area contributed by atoms with E-state index in [1.807, 2.05) is 6.92 Å². The third-order valence-corrected chi connectivity index (χ3v) is 3.75. The fourth-order valence-electron chi connectivity index (χ4n) is 1.38. The molecule has 0 spiro atoms. The number of carbonyl (C=O) groups excluding carboxylic acids is 1. The molecule has 2 aromatic rings. The highest BCUT2D eigenvalue weighted by molar-refractivity contribution is 9.10. The Hall–Kier alpha value is -1.47. The average Bonchev–Trinajstić information content (AvgIpc) is 2.75. The van der Waals surface area contributed by atoms with Crippen LogP contribution in [0.3, 0.4) is 0 Å². The summed E-state index contributed by atoms with van der Waals surface area (Å²) in [6.07, 6.45) is 1.56. The molecule has 5 nitrogen and oxygen atoms in total. The highest BCUT2D eigenvalue weighted by atomic mass is 79.9. The summed E-state index contributed by atoms with van der Waals surface area (Å²) < 4.78 is 0.718. The van der Waals surface area contributed by atoms with Crippen LogP contribution in [0.4, 0.5) is 5.82 Å². The number of amides is 1. The number of pyridine rings is 1. The minimum Gasteiger partial charge on any atom is -0.383 e. The standard InChI is InChI=1S/C11H11BrN4OS/c1-6-9(18-5-16-6)4-15-11(17)8-2-7(12)3-14-10(8)13/h2-3,5H,4H2,1H3,(H2,13,14)(H,15,17). The first-order chi connectivity index (χ1) is 8.58. The van der Waals surface area contributed by atoms with Gasteiger partial charge in [0.2, 0.25) is 0 Å². The number of aryl methyl sites for hydroxylation is 1. The molecule has 3 N–H and O–H groups in total. The van der Waals surface area contributed by atoms with Crippen LogP contribution in [-0.2, 0) is 6.54 Å². The van der Waals surface area contributed by atoms with Crippen LogP contribution in [0.1, 0.15) is 20.9 Å². The Labute approximate surface area is 117 Å². The lowest BCUT2D eigenvalue weighted by atomic mass is 10.2. The first-order valence-corrected chi connectivity index (χ1v) is 6.83. The van der Waals surface area contributed by atoms with E-state index < -0.39 is 0 Å². The van der Waals surface area contributed by atoms with Gasteiger partial charge in [-0.3, -0.25) is 4.79 Å². The third kappa shape index (κ3) is 2.85. The number of rotatable bonds is 3. The van der Waals surface area contributed by atoms with E-state index in [1.165, 1.54) is 11.3 Å². The number of hydrogen-bond acceptors (Lipinski definition) is 5. The van der Waals surface area contributed by atoms with Crippen LogP contribution >= 0.6 is 27.3 Å². The van der Waals surface area contributed by atoms with E-state index >= 15 is 0 Å². The van der Waals surface area contributed by atoms with Gasteiger partial charge in [0, 0.05) is 15.5 Å². The normalized spacial score (nSPS) is 10.3. The Kier molecular flexibility index (Phi) is 3.93. The van der Waals surface area contributed by atoms with E-state index in [9.17, 15) is 4.79 Å². The lowest BCUT2D eigenvalue weighted by molar-refractivity contribution is 0.0952. The van der Waals surface area contributed by atoms with Crippen molar-refractivity contribution in [2.75, 3.05) is 5.73 Å². The number of thiazole rings is 1. The minimum absolute atomic E-state index is 0.219. The molecule has 2 aromatic heterocycles. The van der Waals surface area contributed by atoms with Crippen LogP contribution < -0.4 is 11.1 Å². The largest absolute Gasteiger partial charge is 0.383 e. The summed E-state index contributed by atoms with van der Waals surface area (Å²) in [5.41, 5.74) is 8.72. The predicted molar refractivity (Wildman–Crippen MR) is 74.4 cm³/mol. The average molecular weight is 327 g/mol. The monoisotopic (exact) mass is 326 g/mol. The maximum Gasteiger partial charge on any atom is 0.255 e. The van der Waals surface area contributed by atoms with Gasteiger partial charge in [-0.05, 0) is 28.9 Å². The number of anilines is 1. The Bertz CT molecular complexity index is 584. The van der Waals surface area contributed by atoms with E-state index in [-0.39, 0.29) is 11.7 Å². The van der Waals surface area contributed by atoms with Crippen molar-refractivity contribution in [3.05, 3.63) is 38.4 Å². The van der Waals surface area contributed by atoms with Crippen LogP contribution in [-0.4, -0.2) is 15.9 Å². The number of aromatic nitrogens is 2. The predicted octanol–water partition coefficient (Wildman–Crippen LogP) is 2.12. The quantitative estimate of drug-likeness (QED) is 0.905. The number of halogens is 1. The van der Waals surface area contributed by atoms with Crippen molar-refractivity contribution in [3.63, 3.8) is 0 Å². The van der Waals surface area contributed by atoms with Crippen molar-refractivity contribution >= 4 is 39.0 Å². The van der Waals surface area contributed by atoms with Gasteiger partial charge in [-0.2, -0.15) is 0 Å². The maximum absolute atomic E-state index is 12.0. The van der Waals surface area contributed by atoms with Crippen LogP contribution in [0.2, 0.25) is 0 Å². The van der Waals surface area contributed by atoms with Gasteiger partial charge in [-0.1, -0.05) is 0 Å². The van der Waals surface area contributed by atoms with E-state index in [4.69, 9.17) is 5.73 Å². The lowest BCUT2D eigenvalue weighted by Gasteiger charge is -2.06. The van der Waals surface area contributed by atoms with Crippen molar-refractivity contribution < 1.29 is 4.79 Å². The van der Waals surface area contributed by atoms with Gasteiger partial charge in [0.25, 0.3) is 5.91 Å². The number of nitrogens with zero attached hydrogens (tertiary/aromatic N) is 2. The highest BCUT2D eigenvalue weighted by Crippen LogP contribution is 2.16. The molecule has 2 heterocycles. The second kappa shape index (κ2) is 5.45. The van der Waals surface area contributed by atoms with Gasteiger partial charge in [0.15, 0.2) is 0 Å². The Balaban J connectivity index is 2.08. The maximum atomic E-state index is 12.0. The molecule has 7 heteroatoms. The Morgan fingerprint density at radius 3 is 3.00 bits per heavy atom. The van der Waals surface area contributed by atoms with Crippen molar-refractivity contribution in [2.45, 2.75) is 13.5 Å². The molecule has 18 heavy (non-hydrogen) atoms. The van der Waals surface area contributed by atoms with Gasteiger partial charge < -0.3 is 11.1 Å². The smallest absolute Gasteiger partial charge is 0.255 e. The summed E-state index contributed by atoms with van der Waals surface area (Å²) in [5, 5.41) is 2.80. The van der Waals surface area contributed by atoms with Crippen molar-refractivity contribution in [1.82, 2.24) is 15.3 Å². The highest BCUT2D eigenvalue weighted by Gasteiger charge is 2.12. The molecule has 94 valence electrons. The molecule has 2 rings (SSSR count).